The Hall–Kier alpha value is -1.07. The number of anilines is 1. The van der Waals surface area contributed by atoms with Crippen LogP contribution in [0.4, 0.5) is 5.69 Å². The van der Waals surface area contributed by atoms with Crippen molar-refractivity contribution in [3.63, 3.8) is 0 Å². The monoisotopic (exact) mass is 186 g/mol. The summed E-state index contributed by atoms with van der Waals surface area (Å²) in [4.78, 5) is 0.208. The number of benzene rings is 1. The van der Waals surface area contributed by atoms with Crippen LogP contribution in [0.3, 0.4) is 0 Å². The van der Waals surface area contributed by atoms with Gasteiger partial charge in [0, 0.05) is 5.69 Å². The predicted octanol–water partition coefficient (Wildman–Crippen LogP) is -0.0413. The van der Waals surface area contributed by atoms with E-state index >= 15 is 0 Å². The molecule has 0 unspecified atom stereocenters. The molecular weight excluding hydrogens is 176 g/mol. The lowest BCUT2D eigenvalue weighted by Gasteiger charge is -2.00. The molecule has 1 aromatic carbocycles. The highest BCUT2D eigenvalue weighted by Gasteiger charge is 2.10. The van der Waals surface area contributed by atoms with Crippen LogP contribution in [0.25, 0.3) is 0 Å². The molecule has 0 spiro atoms. The van der Waals surface area contributed by atoms with Crippen LogP contribution in [0.2, 0.25) is 0 Å². The number of nitrogens with two attached hydrogens (primary N) is 2. The third kappa shape index (κ3) is 1.75. The van der Waals surface area contributed by atoms with Gasteiger partial charge >= 0.3 is 0 Å². The quantitative estimate of drug-likeness (QED) is 0.634. The zero-order valence-corrected chi connectivity index (χ0v) is 7.21. The molecule has 0 aliphatic rings. The lowest BCUT2D eigenvalue weighted by Crippen LogP contribution is -2.14. The van der Waals surface area contributed by atoms with Crippen LogP contribution in [0, 0.1) is 0 Å². The lowest BCUT2D eigenvalue weighted by atomic mass is 10.3. The van der Waals surface area contributed by atoms with Gasteiger partial charge in [-0.15, -0.1) is 0 Å². The van der Waals surface area contributed by atoms with Crippen molar-refractivity contribution in [3.05, 3.63) is 24.3 Å². The minimum atomic E-state index is -3.29. The first-order valence-corrected chi connectivity index (χ1v) is 5.00. The Morgan fingerprint density at radius 2 is 1.67 bits per heavy atom. The van der Waals surface area contributed by atoms with Crippen molar-refractivity contribution in [3.8, 4) is 0 Å². The third-order valence-electron chi connectivity index (χ3n) is 1.46. The summed E-state index contributed by atoms with van der Waals surface area (Å²) in [5.74, 6) is -0.378. The number of nitrogen functional groups attached to an aromatic ring is 1. The van der Waals surface area contributed by atoms with E-state index in [0.29, 0.717) is 5.69 Å². The van der Waals surface area contributed by atoms with Gasteiger partial charge in [-0.25, -0.2) is 8.42 Å². The topological polar surface area (TPSA) is 86.2 Å². The smallest absolute Gasteiger partial charge is 0.191 e. The second kappa shape index (κ2) is 3.12. The van der Waals surface area contributed by atoms with Crippen LogP contribution >= 0.6 is 0 Å². The summed E-state index contributed by atoms with van der Waals surface area (Å²) >= 11 is 0. The van der Waals surface area contributed by atoms with Gasteiger partial charge in [0.05, 0.1) is 4.90 Å². The molecule has 1 aromatic rings. The minimum absolute atomic E-state index is 0.208. The van der Waals surface area contributed by atoms with Crippen molar-refractivity contribution in [2.75, 3.05) is 11.6 Å². The van der Waals surface area contributed by atoms with Crippen molar-refractivity contribution in [1.82, 2.24) is 0 Å². The minimum Gasteiger partial charge on any atom is -0.399 e. The Morgan fingerprint density at radius 3 is 2.08 bits per heavy atom. The molecule has 4 nitrogen and oxygen atoms in total. The molecule has 0 fully saturated rings. The summed E-state index contributed by atoms with van der Waals surface area (Å²) in [6.07, 6.45) is 0. The van der Waals surface area contributed by atoms with Crippen LogP contribution in [-0.4, -0.2) is 14.3 Å². The molecule has 0 radical (unpaired) electrons. The van der Waals surface area contributed by atoms with Gasteiger partial charge in [0.15, 0.2) is 9.84 Å². The maximum Gasteiger partial charge on any atom is 0.191 e. The van der Waals surface area contributed by atoms with Crippen molar-refractivity contribution in [1.29, 1.82) is 0 Å². The van der Waals surface area contributed by atoms with E-state index in [1.807, 2.05) is 0 Å². The van der Waals surface area contributed by atoms with E-state index in [2.05, 4.69) is 0 Å². The Kier molecular flexibility index (Phi) is 2.35. The van der Waals surface area contributed by atoms with E-state index in [9.17, 15) is 8.42 Å². The molecule has 66 valence electrons. The molecule has 0 amide bonds. The zero-order valence-electron chi connectivity index (χ0n) is 6.40. The maximum absolute atomic E-state index is 11.1. The molecule has 0 aliphatic heterocycles. The van der Waals surface area contributed by atoms with E-state index in [1.165, 1.54) is 24.3 Å². The van der Waals surface area contributed by atoms with Gasteiger partial charge in [0.25, 0.3) is 0 Å². The van der Waals surface area contributed by atoms with Crippen LogP contribution in [0.15, 0.2) is 29.2 Å². The normalized spacial score (nSPS) is 11.4. The summed E-state index contributed by atoms with van der Waals surface area (Å²) in [6, 6.07) is 5.94. The van der Waals surface area contributed by atoms with E-state index in [-0.39, 0.29) is 10.8 Å². The van der Waals surface area contributed by atoms with Crippen LogP contribution < -0.4 is 11.5 Å². The van der Waals surface area contributed by atoms with Gasteiger partial charge in [-0.3, -0.25) is 0 Å². The van der Waals surface area contributed by atoms with Crippen molar-refractivity contribution in [2.45, 2.75) is 4.90 Å². The average Bonchev–Trinajstić information content (AvgIpc) is 2.05. The maximum atomic E-state index is 11.1. The first kappa shape index (κ1) is 9.02. The Bertz CT molecular complexity index is 355. The van der Waals surface area contributed by atoms with Gasteiger partial charge in [0.2, 0.25) is 0 Å². The second-order valence-corrected chi connectivity index (χ2v) is 4.38. The predicted molar refractivity (Wildman–Crippen MR) is 47.1 cm³/mol. The Balaban J connectivity index is 3.14. The van der Waals surface area contributed by atoms with Crippen LogP contribution in [0.1, 0.15) is 0 Å². The molecule has 0 bridgehead atoms. The molecule has 5 heteroatoms. The van der Waals surface area contributed by atoms with Gasteiger partial charge in [-0.2, -0.15) is 0 Å². The highest BCUT2D eigenvalue weighted by molar-refractivity contribution is 7.91. The molecule has 1 rings (SSSR count). The summed E-state index contributed by atoms with van der Waals surface area (Å²) in [7, 11) is -3.29. The number of hydrogen-bond acceptors (Lipinski definition) is 4. The van der Waals surface area contributed by atoms with Gasteiger partial charge < -0.3 is 11.5 Å². The van der Waals surface area contributed by atoms with E-state index in [0.717, 1.165) is 0 Å². The molecule has 0 saturated carbocycles. The second-order valence-electron chi connectivity index (χ2n) is 2.35. The summed E-state index contributed by atoms with van der Waals surface area (Å²) in [5.41, 5.74) is 11.0. The SMILES string of the molecule is NCS(=O)(=O)c1ccc(N)cc1. The van der Waals surface area contributed by atoms with Gasteiger partial charge in [-0.05, 0) is 24.3 Å². The van der Waals surface area contributed by atoms with E-state index in [1.54, 1.807) is 0 Å². The van der Waals surface area contributed by atoms with E-state index < -0.39 is 9.84 Å². The zero-order chi connectivity index (χ0) is 9.19. The molecule has 4 N–H and O–H groups in total. The fraction of sp³-hybridized carbons (Fsp3) is 0.143. The highest BCUT2D eigenvalue weighted by Crippen LogP contribution is 2.11. The summed E-state index contributed by atoms with van der Waals surface area (Å²) < 4.78 is 22.3. The van der Waals surface area contributed by atoms with E-state index in [4.69, 9.17) is 11.5 Å². The Labute approximate surface area is 71.1 Å². The lowest BCUT2D eigenvalue weighted by molar-refractivity contribution is 0.596. The fourth-order valence-corrected chi connectivity index (χ4v) is 1.51. The van der Waals surface area contributed by atoms with Crippen molar-refractivity contribution >= 4 is 15.5 Å². The van der Waals surface area contributed by atoms with Gasteiger partial charge in [0.1, 0.15) is 5.88 Å². The first-order valence-electron chi connectivity index (χ1n) is 3.34. The molecule has 12 heavy (non-hydrogen) atoms. The number of rotatable bonds is 2. The summed E-state index contributed by atoms with van der Waals surface area (Å²) in [6.45, 7) is 0. The highest BCUT2D eigenvalue weighted by atomic mass is 32.2. The molecule has 0 aliphatic carbocycles. The average molecular weight is 186 g/mol. The Morgan fingerprint density at radius 1 is 1.17 bits per heavy atom. The third-order valence-corrected chi connectivity index (χ3v) is 2.89. The summed E-state index contributed by atoms with van der Waals surface area (Å²) in [5, 5.41) is 0. The van der Waals surface area contributed by atoms with Crippen molar-refractivity contribution < 1.29 is 8.42 Å². The van der Waals surface area contributed by atoms with Gasteiger partial charge in [-0.1, -0.05) is 0 Å². The largest absolute Gasteiger partial charge is 0.399 e. The molecule has 0 aromatic heterocycles. The number of hydrogen-bond donors (Lipinski definition) is 2. The standard InChI is InChI=1S/C7H10N2O2S/c8-5-12(10,11)7-3-1-6(9)2-4-7/h1-4H,5,8-9H2. The molecule has 0 atom stereocenters. The van der Waals surface area contributed by atoms with Crippen molar-refractivity contribution in [2.24, 2.45) is 5.73 Å². The van der Waals surface area contributed by atoms with Crippen LogP contribution in [0.5, 0.6) is 0 Å². The molecular formula is C7H10N2O2S. The molecule has 0 heterocycles. The fourth-order valence-electron chi connectivity index (χ4n) is 0.771. The van der Waals surface area contributed by atoms with Crippen LogP contribution in [-0.2, 0) is 9.84 Å². The first-order chi connectivity index (χ1) is 5.56. The number of sulfone groups is 1. The molecule has 0 saturated heterocycles.